The molecule has 112 valence electrons. The molecule has 5 heteroatoms. The second-order valence-corrected chi connectivity index (χ2v) is 6.22. The van der Waals surface area contributed by atoms with E-state index in [1.807, 2.05) is 38.1 Å². The van der Waals surface area contributed by atoms with Crippen molar-refractivity contribution in [1.82, 2.24) is 0 Å². The summed E-state index contributed by atoms with van der Waals surface area (Å²) in [5.74, 6) is 0.103. The van der Waals surface area contributed by atoms with Gasteiger partial charge >= 0.3 is 0 Å². The minimum atomic E-state index is -1.41. The van der Waals surface area contributed by atoms with Crippen LogP contribution < -0.4 is 4.31 Å². The highest BCUT2D eigenvalue weighted by molar-refractivity contribution is 7.90. The van der Waals surface area contributed by atoms with Gasteiger partial charge in [-0.1, -0.05) is 19.1 Å². The van der Waals surface area contributed by atoms with Gasteiger partial charge in [0.25, 0.3) is 0 Å². The number of carbonyl (C=O) groups is 1. The zero-order valence-corrected chi connectivity index (χ0v) is 13.4. The molecule has 0 spiro atoms. The largest absolute Gasteiger partial charge is 0.294 e. The molecule has 2 unspecified atom stereocenters. The Hall–Kier alpha value is -1.75. The fourth-order valence-electron chi connectivity index (χ4n) is 2.42. The molecule has 1 aromatic carbocycles. The van der Waals surface area contributed by atoms with Gasteiger partial charge in [-0.3, -0.25) is 14.1 Å². The Kier molecular flexibility index (Phi) is 5.07. The van der Waals surface area contributed by atoms with Crippen molar-refractivity contribution < 1.29 is 9.00 Å². The van der Waals surface area contributed by atoms with Crippen LogP contribution in [0, 0.1) is 0 Å². The summed E-state index contributed by atoms with van der Waals surface area (Å²) in [7, 11) is -1.41. The number of hydrogen-bond donors (Lipinski definition) is 0. The highest BCUT2D eigenvalue weighted by atomic mass is 32.2. The molecule has 0 aliphatic carbocycles. The standard InChI is InChI=1S/C16H20N2O2S/c1-4-8-16(17-5-2)21(20)18-12(3)11-15(19)13-9-6-7-10-14(13)18/h5-10,12H,4,11H2,1-3H3/b16-8+,17-5-. The number of allylic oxidation sites excluding steroid dienone is 1. The van der Waals surface area contributed by atoms with E-state index < -0.39 is 11.0 Å². The number of aliphatic imine (C=N–C) groups is 1. The minimum absolute atomic E-state index is 0.103. The molecule has 0 fully saturated rings. The second kappa shape index (κ2) is 6.80. The van der Waals surface area contributed by atoms with E-state index in [9.17, 15) is 9.00 Å². The molecule has 0 bridgehead atoms. The van der Waals surface area contributed by atoms with Crippen LogP contribution in [0.4, 0.5) is 5.69 Å². The summed E-state index contributed by atoms with van der Waals surface area (Å²) in [4.78, 5) is 16.3. The van der Waals surface area contributed by atoms with Crippen LogP contribution in [0.25, 0.3) is 0 Å². The number of carbonyl (C=O) groups excluding carboxylic acids is 1. The second-order valence-electron chi connectivity index (χ2n) is 4.91. The highest BCUT2D eigenvalue weighted by Crippen LogP contribution is 2.33. The monoisotopic (exact) mass is 304 g/mol. The van der Waals surface area contributed by atoms with Crippen molar-refractivity contribution in [1.29, 1.82) is 0 Å². The van der Waals surface area contributed by atoms with Crippen LogP contribution in [0.5, 0.6) is 0 Å². The van der Waals surface area contributed by atoms with Gasteiger partial charge in [0.15, 0.2) is 16.8 Å². The number of ketones is 1. The third-order valence-electron chi connectivity index (χ3n) is 3.32. The first-order valence-electron chi connectivity index (χ1n) is 7.12. The van der Waals surface area contributed by atoms with Crippen LogP contribution >= 0.6 is 0 Å². The summed E-state index contributed by atoms with van der Waals surface area (Å²) in [6, 6.07) is 7.22. The van der Waals surface area contributed by atoms with Gasteiger partial charge in [-0.2, -0.15) is 0 Å². The van der Waals surface area contributed by atoms with Crippen LogP contribution in [-0.2, 0) is 11.0 Å². The Morgan fingerprint density at radius 2 is 2.19 bits per heavy atom. The topological polar surface area (TPSA) is 49.7 Å². The van der Waals surface area contributed by atoms with Crippen LogP contribution in [0.3, 0.4) is 0 Å². The van der Waals surface area contributed by atoms with E-state index in [4.69, 9.17) is 0 Å². The van der Waals surface area contributed by atoms with Gasteiger partial charge in [0.2, 0.25) is 0 Å². The fraction of sp³-hybridized carbons (Fsp3) is 0.375. The lowest BCUT2D eigenvalue weighted by molar-refractivity contribution is 0.0972. The van der Waals surface area contributed by atoms with Crippen molar-refractivity contribution in [2.75, 3.05) is 4.31 Å². The van der Waals surface area contributed by atoms with Gasteiger partial charge < -0.3 is 0 Å². The molecular formula is C16H20N2O2S. The highest BCUT2D eigenvalue weighted by Gasteiger charge is 2.32. The van der Waals surface area contributed by atoms with Gasteiger partial charge in [-0.15, -0.1) is 0 Å². The van der Waals surface area contributed by atoms with Crippen LogP contribution in [0.15, 0.2) is 40.4 Å². The smallest absolute Gasteiger partial charge is 0.171 e. The van der Waals surface area contributed by atoms with E-state index in [0.717, 1.165) is 12.1 Å². The summed E-state index contributed by atoms with van der Waals surface area (Å²) < 4.78 is 14.7. The van der Waals surface area contributed by atoms with Crippen molar-refractivity contribution in [2.24, 2.45) is 4.99 Å². The summed E-state index contributed by atoms with van der Waals surface area (Å²) in [5.41, 5.74) is 1.37. The van der Waals surface area contributed by atoms with Gasteiger partial charge in [-0.05, 0) is 38.5 Å². The van der Waals surface area contributed by atoms with Crippen molar-refractivity contribution in [2.45, 2.75) is 39.7 Å². The summed E-state index contributed by atoms with van der Waals surface area (Å²) in [5, 5.41) is 0.538. The molecule has 1 aliphatic rings. The number of hydrogen-bond acceptors (Lipinski definition) is 3. The molecule has 21 heavy (non-hydrogen) atoms. The van der Waals surface area contributed by atoms with Gasteiger partial charge in [0, 0.05) is 24.2 Å². The summed E-state index contributed by atoms with van der Waals surface area (Å²) in [6.45, 7) is 5.71. The molecule has 0 amide bonds. The molecule has 2 atom stereocenters. The Labute approximate surface area is 128 Å². The first kappa shape index (κ1) is 15.6. The summed E-state index contributed by atoms with van der Waals surface area (Å²) >= 11 is 0. The molecule has 1 heterocycles. The maximum Gasteiger partial charge on any atom is 0.171 e. The number of Topliss-reactive ketones (excluding diaryl/α,β-unsaturated/α-hetero) is 1. The number of benzene rings is 1. The molecule has 2 rings (SSSR count). The Balaban J connectivity index is 2.47. The number of anilines is 1. The average molecular weight is 304 g/mol. The van der Waals surface area contributed by atoms with E-state index >= 15 is 0 Å². The molecule has 0 saturated carbocycles. The zero-order valence-electron chi connectivity index (χ0n) is 12.6. The molecule has 0 aromatic heterocycles. The SMILES string of the molecule is C/C=N\C(=C/CC)S(=O)N1c2ccccc2C(=O)CC1C. The first-order valence-corrected chi connectivity index (χ1v) is 8.23. The number of para-hydroxylation sites is 1. The summed E-state index contributed by atoms with van der Waals surface area (Å²) in [6.07, 6.45) is 4.64. The van der Waals surface area contributed by atoms with Gasteiger partial charge in [0.05, 0.1) is 5.69 Å². The first-order chi connectivity index (χ1) is 10.1. The number of fused-ring (bicyclic) bond motifs is 1. The van der Waals surface area contributed by atoms with E-state index in [1.54, 1.807) is 23.5 Å². The molecule has 1 aliphatic heterocycles. The van der Waals surface area contributed by atoms with Gasteiger partial charge in [0.1, 0.15) is 5.03 Å². The predicted octanol–water partition coefficient (Wildman–Crippen LogP) is 3.47. The maximum atomic E-state index is 12.9. The van der Waals surface area contributed by atoms with Crippen LogP contribution in [-0.4, -0.2) is 22.2 Å². The Morgan fingerprint density at radius 3 is 2.86 bits per heavy atom. The van der Waals surface area contributed by atoms with E-state index in [1.165, 1.54) is 0 Å². The van der Waals surface area contributed by atoms with E-state index in [2.05, 4.69) is 4.99 Å². The van der Waals surface area contributed by atoms with Crippen molar-refractivity contribution in [3.05, 3.63) is 40.9 Å². The lowest BCUT2D eigenvalue weighted by Crippen LogP contribution is -2.41. The maximum absolute atomic E-state index is 12.9. The predicted molar refractivity (Wildman–Crippen MR) is 88.0 cm³/mol. The average Bonchev–Trinajstić information content (AvgIpc) is 2.47. The normalized spacial score (nSPS) is 20.7. The van der Waals surface area contributed by atoms with Crippen molar-refractivity contribution >= 4 is 28.7 Å². The lowest BCUT2D eigenvalue weighted by Gasteiger charge is -2.34. The number of nitrogens with zero attached hydrogens (tertiary/aromatic N) is 2. The van der Waals surface area contributed by atoms with Crippen LogP contribution in [0.1, 0.15) is 44.0 Å². The molecular weight excluding hydrogens is 284 g/mol. The third-order valence-corrected chi connectivity index (χ3v) is 4.86. The lowest BCUT2D eigenvalue weighted by atomic mass is 9.98. The zero-order chi connectivity index (χ0) is 15.4. The molecule has 0 saturated heterocycles. The Bertz CT molecular complexity index is 622. The third kappa shape index (κ3) is 3.13. The Morgan fingerprint density at radius 1 is 1.48 bits per heavy atom. The van der Waals surface area contributed by atoms with Crippen molar-refractivity contribution in [3.8, 4) is 0 Å². The quantitative estimate of drug-likeness (QED) is 0.800. The van der Waals surface area contributed by atoms with Gasteiger partial charge in [-0.25, -0.2) is 4.21 Å². The van der Waals surface area contributed by atoms with Crippen LogP contribution in [0.2, 0.25) is 0 Å². The molecule has 1 aromatic rings. The fourth-order valence-corrected chi connectivity index (χ4v) is 3.87. The van der Waals surface area contributed by atoms with E-state index in [-0.39, 0.29) is 11.8 Å². The molecule has 0 N–H and O–H groups in total. The van der Waals surface area contributed by atoms with E-state index in [0.29, 0.717) is 17.0 Å². The minimum Gasteiger partial charge on any atom is -0.294 e. The van der Waals surface area contributed by atoms with Crippen molar-refractivity contribution in [3.63, 3.8) is 0 Å². The molecule has 4 nitrogen and oxygen atoms in total. The number of rotatable bonds is 4. The molecule has 0 radical (unpaired) electrons.